The van der Waals surface area contributed by atoms with E-state index in [1.165, 1.54) is 5.57 Å². The molecular formula is C10H18N+. The summed E-state index contributed by atoms with van der Waals surface area (Å²) in [4.78, 5) is 0. The van der Waals surface area contributed by atoms with Crippen molar-refractivity contribution in [3.8, 4) is 0 Å². The Morgan fingerprint density at radius 1 is 1.27 bits per heavy atom. The van der Waals surface area contributed by atoms with Gasteiger partial charge in [-0.25, -0.2) is 0 Å². The third kappa shape index (κ3) is 5.62. The van der Waals surface area contributed by atoms with Crippen LogP contribution in [0.5, 0.6) is 0 Å². The predicted molar refractivity (Wildman–Crippen MR) is 51.4 cm³/mol. The molecule has 62 valence electrons. The van der Waals surface area contributed by atoms with Crippen LogP contribution in [0.15, 0.2) is 37.0 Å². The number of nitrogens with zero attached hydrogens (tertiary/aromatic N) is 1. The molecule has 0 saturated heterocycles. The van der Waals surface area contributed by atoms with Crippen LogP contribution in [-0.4, -0.2) is 32.2 Å². The van der Waals surface area contributed by atoms with E-state index >= 15 is 0 Å². The van der Waals surface area contributed by atoms with E-state index in [-0.39, 0.29) is 0 Å². The zero-order valence-corrected chi connectivity index (χ0v) is 7.80. The van der Waals surface area contributed by atoms with Crippen LogP contribution in [0.2, 0.25) is 0 Å². The lowest BCUT2D eigenvalue weighted by molar-refractivity contribution is -0.865. The third-order valence-corrected chi connectivity index (χ3v) is 1.25. The Morgan fingerprint density at radius 2 is 1.82 bits per heavy atom. The Balaban J connectivity index is 4.20. The molecule has 0 spiro atoms. The smallest absolute Gasteiger partial charge is 0.104 e. The van der Waals surface area contributed by atoms with Crippen molar-refractivity contribution < 1.29 is 4.48 Å². The summed E-state index contributed by atoms with van der Waals surface area (Å²) < 4.78 is 0.922. The molecule has 0 bridgehead atoms. The summed E-state index contributed by atoms with van der Waals surface area (Å²) in [7, 11) is 6.46. The first-order chi connectivity index (χ1) is 4.99. The van der Waals surface area contributed by atoms with E-state index < -0.39 is 0 Å². The number of likely N-dealkylation sites (N-methyl/N-ethyl adjacent to an activating group) is 1. The molecule has 0 aliphatic rings. The molecule has 1 nitrogen and oxygen atoms in total. The highest BCUT2D eigenvalue weighted by molar-refractivity contribution is 5.21. The van der Waals surface area contributed by atoms with Crippen LogP contribution in [0.25, 0.3) is 0 Å². The van der Waals surface area contributed by atoms with Gasteiger partial charge in [0.05, 0.1) is 21.1 Å². The van der Waals surface area contributed by atoms with Crippen LogP contribution in [0.1, 0.15) is 0 Å². The third-order valence-electron chi connectivity index (χ3n) is 1.25. The van der Waals surface area contributed by atoms with Gasteiger partial charge in [-0.1, -0.05) is 31.4 Å². The van der Waals surface area contributed by atoms with Crippen molar-refractivity contribution in [2.45, 2.75) is 0 Å². The second-order valence-corrected chi connectivity index (χ2v) is 3.63. The van der Waals surface area contributed by atoms with Gasteiger partial charge >= 0.3 is 0 Å². The summed E-state index contributed by atoms with van der Waals surface area (Å²) in [5.74, 6) is 0. The van der Waals surface area contributed by atoms with Gasteiger partial charge in [-0.2, -0.15) is 0 Å². The van der Waals surface area contributed by atoms with Gasteiger partial charge in [0.25, 0.3) is 0 Å². The molecule has 0 saturated carbocycles. The van der Waals surface area contributed by atoms with Crippen molar-refractivity contribution in [2.24, 2.45) is 0 Å². The van der Waals surface area contributed by atoms with Crippen LogP contribution < -0.4 is 0 Å². The zero-order valence-electron chi connectivity index (χ0n) is 7.80. The Morgan fingerprint density at radius 3 is 2.09 bits per heavy atom. The normalized spacial score (nSPS) is 12.8. The van der Waals surface area contributed by atoms with Gasteiger partial charge < -0.3 is 4.48 Å². The summed E-state index contributed by atoms with van der Waals surface area (Å²) in [6.45, 7) is 8.38. The molecule has 0 amide bonds. The summed E-state index contributed by atoms with van der Waals surface area (Å²) >= 11 is 0. The molecule has 1 heteroatoms. The lowest BCUT2D eigenvalue weighted by atomic mass is 10.2. The topological polar surface area (TPSA) is 0 Å². The molecule has 0 radical (unpaired) electrons. The Kier molecular flexibility index (Phi) is 3.83. The summed E-state index contributed by atoms with van der Waals surface area (Å²) in [6.07, 6.45) is 5.67. The Bertz CT molecular complexity index is 170. The van der Waals surface area contributed by atoms with Gasteiger partial charge in [-0.3, -0.25) is 0 Å². The molecule has 0 unspecified atom stereocenters. The standard InChI is InChI=1S/C10H18N/c1-6-8-10(7-2)9-11(3,4)5/h6-8H,1-2,9H2,3-5H3/q+1/b10-8+. The van der Waals surface area contributed by atoms with Crippen molar-refractivity contribution >= 4 is 0 Å². The number of rotatable bonds is 4. The highest BCUT2D eigenvalue weighted by atomic mass is 15.3. The van der Waals surface area contributed by atoms with Gasteiger partial charge in [0.2, 0.25) is 0 Å². The van der Waals surface area contributed by atoms with E-state index in [0.717, 1.165) is 11.0 Å². The molecule has 0 N–H and O–H groups in total. The van der Waals surface area contributed by atoms with Crippen molar-refractivity contribution in [2.75, 3.05) is 27.7 Å². The van der Waals surface area contributed by atoms with E-state index in [0.29, 0.717) is 0 Å². The van der Waals surface area contributed by atoms with Gasteiger partial charge in [-0.05, 0) is 0 Å². The van der Waals surface area contributed by atoms with Gasteiger partial charge in [0, 0.05) is 5.57 Å². The van der Waals surface area contributed by atoms with Crippen LogP contribution in [0.4, 0.5) is 0 Å². The molecule has 0 aliphatic heterocycles. The first kappa shape index (κ1) is 10.2. The van der Waals surface area contributed by atoms with E-state index in [1.807, 2.05) is 12.2 Å². The average Bonchev–Trinajstić information content (AvgIpc) is 1.84. The molecular weight excluding hydrogens is 134 g/mol. The van der Waals surface area contributed by atoms with Crippen LogP contribution in [-0.2, 0) is 0 Å². The minimum Gasteiger partial charge on any atom is -0.327 e. The SMILES string of the molecule is C=C/C=C(\C=C)C[N+](C)(C)C. The molecule has 0 fully saturated rings. The first-order valence-electron chi connectivity index (χ1n) is 3.74. The van der Waals surface area contributed by atoms with Crippen molar-refractivity contribution in [3.63, 3.8) is 0 Å². The van der Waals surface area contributed by atoms with Crippen molar-refractivity contribution in [3.05, 3.63) is 37.0 Å². The van der Waals surface area contributed by atoms with Gasteiger partial charge in [-0.15, -0.1) is 0 Å². The number of hydrogen-bond acceptors (Lipinski definition) is 0. The fraction of sp³-hybridized carbons (Fsp3) is 0.400. The van der Waals surface area contributed by atoms with Crippen LogP contribution in [0.3, 0.4) is 0 Å². The maximum Gasteiger partial charge on any atom is 0.104 e. The summed E-state index contributed by atoms with van der Waals surface area (Å²) in [6, 6.07) is 0. The van der Waals surface area contributed by atoms with E-state index in [1.54, 1.807) is 6.08 Å². The number of allylic oxidation sites excluding steroid dienone is 2. The number of hydrogen-bond donors (Lipinski definition) is 0. The molecule has 0 aromatic carbocycles. The molecule has 0 aromatic heterocycles. The fourth-order valence-corrected chi connectivity index (χ4v) is 0.884. The molecule has 0 atom stereocenters. The Labute approximate surface area is 69.9 Å². The van der Waals surface area contributed by atoms with E-state index in [4.69, 9.17) is 0 Å². The van der Waals surface area contributed by atoms with Crippen LogP contribution in [0, 0.1) is 0 Å². The minimum atomic E-state index is 0.922. The maximum atomic E-state index is 3.74. The lowest BCUT2D eigenvalue weighted by Gasteiger charge is -2.24. The zero-order chi connectivity index (χ0) is 8.91. The maximum absolute atomic E-state index is 3.74. The second-order valence-electron chi connectivity index (χ2n) is 3.63. The average molecular weight is 152 g/mol. The monoisotopic (exact) mass is 152 g/mol. The largest absolute Gasteiger partial charge is 0.327 e. The fourth-order valence-electron chi connectivity index (χ4n) is 0.884. The summed E-state index contributed by atoms with van der Waals surface area (Å²) in [5, 5.41) is 0. The van der Waals surface area contributed by atoms with Gasteiger partial charge in [0.1, 0.15) is 6.54 Å². The van der Waals surface area contributed by atoms with E-state index in [9.17, 15) is 0 Å². The highest BCUT2D eigenvalue weighted by Gasteiger charge is 2.07. The quantitative estimate of drug-likeness (QED) is 0.427. The molecule has 0 rings (SSSR count). The van der Waals surface area contributed by atoms with Crippen molar-refractivity contribution in [1.29, 1.82) is 0 Å². The highest BCUT2D eigenvalue weighted by Crippen LogP contribution is 2.02. The van der Waals surface area contributed by atoms with Gasteiger partial charge in [0.15, 0.2) is 0 Å². The predicted octanol–water partition coefficient (Wildman–Crippen LogP) is 1.99. The molecule has 0 heterocycles. The molecule has 11 heavy (non-hydrogen) atoms. The first-order valence-corrected chi connectivity index (χ1v) is 3.74. The van der Waals surface area contributed by atoms with Crippen molar-refractivity contribution in [1.82, 2.24) is 0 Å². The Hall–Kier alpha value is -0.820. The number of quaternary nitrogens is 1. The summed E-state index contributed by atoms with van der Waals surface area (Å²) in [5.41, 5.74) is 1.23. The van der Waals surface area contributed by atoms with E-state index in [2.05, 4.69) is 34.3 Å². The van der Waals surface area contributed by atoms with Crippen LogP contribution >= 0.6 is 0 Å². The second kappa shape index (κ2) is 4.14. The minimum absolute atomic E-state index is 0.922. The molecule has 0 aromatic rings. The lowest BCUT2D eigenvalue weighted by Crippen LogP contribution is -2.35. The molecule has 0 aliphatic carbocycles.